The monoisotopic (exact) mass is 247 g/mol. The number of rotatable bonds is 3. The number of ether oxygens (including phenoxy) is 1. The lowest BCUT2D eigenvalue weighted by Gasteiger charge is -2.12. The van der Waals surface area contributed by atoms with Crippen LogP contribution in [0.3, 0.4) is 0 Å². The van der Waals surface area contributed by atoms with Gasteiger partial charge in [-0.2, -0.15) is 0 Å². The van der Waals surface area contributed by atoms with Crippen molar-refractivity contribution in [2.75, 3.05) is 13.7 Å². The Bertz CT molecular complexity index is 293. The molecule has 1 rings (SSSR count). The van der Waals surface area contributed by atoms with Crippen molar-refractivity contribution in [3.05, 3.63) is 28.2 Å². The largest absolute Gasteiger partial charge is 0.495 e. The van der Waals surface area contributed by atoms with Gasteiger partial charge in [0.1, 0.15) is 11.9 Å². The third kappa shape index (κ3) is 2.19. The van der Waals surface area contributed by atoms with E-state index in [9.17, 15) is 4.39 Å². The van der Waals surface area contributed by atoms with Gasteiger partial charge in [0, 0.05) is 12.1 Å². The lowest BCUT2D eigenvalue weighted by atomic mass is 10.1. The maximum absolute atomic E-state index is 13.3. The fourth-order valence-corrected chi connectivity index (χ4v) is 1.66. The van der Waals surface area contributed by atoms with Crippen molar-refractivity contribution >= 4 is 15.9 Å². The quantitative estimate of drug-likeness (QED) is 0.891. The van der Waals surface area contributed by atoms with Crippen molar-refractivity contribution in [2.24, 2.45) is 5.73 Å². The topological polar surface area (TPSA) is 35.2 Å². The molecule has 0 spiro atoms. The summed E-state index contributed by atoms with van der Waals surface area (Å²) in [6, 6.07) is 5.22. The van der Waals surface area contributed by atoms with Crippen molar-refractivity contribution in [1.82, 2.24) is 0 Å². The number of alkyl halides is 1. The molecule has 0 aromatic heterocycles. The first-order valence-electron chi connectivity index (χ1n) is 3.87. The van der Waals surface area contributed by atoms with E-state index in [0.29, 0.717) is 11.3 Å². The first-order chi connectivity index (χ1) is 6.20. The van der Waals surface area contributed by atoms with Crippen LogP contribution in [0.25, 0.3) is 0 Å². The smallest absolute Gasteiger partial charge is 0.141 e. The summed E-state index contributed by atoms with van der Waals surface area (Å²) in [5.41, 5.74) is 5.72. The molecule has 0 saturated heterocycles. The Kier molecular flexibility index (Phi) is 3.69. The Balaban J connectivity index is 3.12. The van der Waals surface area contributed by atoms with Gasteiger partial charge >= 0.3 is 0 Å². The van der Waals surface area contributed by atoms with Crippen LogP contribution in [0.4, 0.5) is 4.39 Å². The van der Waals surface area contributed by atoms with Crippen molar-refractivity contribution in [1.29, 1.82) is 0 Å². The van der Waals surface area contributed by atoms with Gasteiger partial charge in [-0.15, -0.1) is 0 Å². The van der Waals surface area contributed by atoms with Gasteiger partial charge < -0.3 is 10.5 Å². The third-order valence-corrected chi connectivity index (χ3v) is 2.37. The predicted octanol–water partition coefficient (Wildman–Crippen LogP) is 2.43. The van der Waals surface area contributed by atoms with E-state index in [2.05, 4.69) is 15.9 Å². The summed E-state index contributed by atoms with van der Waals surface area (Å²) in [4.78, 5) is 0. The number of hydrogen-bond acceptors (Lipinski definition) is 2. The molecule has 0 radical (unpaired) electrons. The second kappa shape index (κ2) is 4.58. The average molecular weight is 248 g/mol. The van der Waals surface area contributed by atoms with Gasteiger partial charge in [-0.25, -0.2) is 4.39 Å². The number of hydrogen-bond donors (Lipinski definition) is 1. The van der Waals surface area contributed by atoms with Crippen molar-refractivity contribution in [3.63, 3.8) is 0 Å². The Labute approximate surface area is 85.0 Å². The van der Waals surface area contributed by atoms with Crippen LogP contribution < -0.4 is 10.5 Å². The van der Waals surface area contributed by atoms with Gasteiger partial charge in [0.2, 0.25) is 0 Å². The van der Waals surface area contributed by atoms with Crippen LogP contribution in [0.1, 0.15) is 11.7 Å². The van der Waals surface area contributed by atoms with Crippen LogP contribution in [-0.2, 0) is 0 Å². The number of benzene rings is 1. The molecule has 2 N–H and O–H groups in total. The molecule has 0 fully saturated rings. The standard InChI is InChI=1S/C9H11BrFNO/c1-13-9-6(8(11)5-12)3-2-4-7(9)10/h2-4,8H,5,12H2,1H3. The highest BCUT2D eigenvalue weighted by Crippen LogP contribution is 2.33. The molecule has 0 aliphatic carbocycles. The molecule has 0 aliphatic rings. The van der Waals surface area contributed by atoms with Gasteiger partial charge in [-0.1, -0.05) is 12.1 Å². The molecule has 0 saturated carbocycles. The fourth-order valence-electron chi connectivity index (χ4n) is 1.11. The van der Waals surface area contributed by atoms with Crippen molar-refractivity contribution < 1.29 is 9.13 Å². The lowest BCUT2D eigenvalue weighted by molar-refractivity contribution is 0.330. The second-order valence-corrected chi connectivity index (χ2v) is 3.42. The van der Waals surface area contributed by atoms with E-state index in [1.54, 1.807) is 18.2 Å². The summed E-state index contributed by atoms with van der Waals surface area (Å²) in [7, 11) is 1.51. The SMILES string of the molecule is COc1c(Br)cccc1C(F)CN. The molecular formula is C9H11BrFNO. The van der Waals surface area contributed by atoms with E-state index in [1.807, 2.05) is 0 Å². The molecule has 1 aromatic carbocycles. The summed E-state index contributed by atoms with van der Waals surface area (Å²) in [5, 5.41) is 0. The highest BCUT2D eigenvalue weighted by atomic mass is 79.9. The van der Waals surface area contributed by atoms with Gasteiger partial charge in [0.25, 0.3) is 0 Å². The van der Waals surface area contributed by atoms with Crippen LogP contribution >= 0.6 is 15.9 Å². The zero-order valence-electron chi connectivity index (χ0n) is 7.26. The second-order valence-electron chi connectivity index (χ2n) is 2.57. The Hall–Kier alpha value is -0.610. The molecule has 4 heteroatoms. The van der Waals surface area contributed by atoms with Crippen molar-refractivity contribution in [2.45, 2.75) is 6.17 Å². The van der Waals surface area contributed by atoms with Crippen LogP contribution in [0.2, 0.25) is 0 Å². The summed E-state index contributed by atoms with van der Waals surface area (Å²) < 4.78 is 19.1. The summed E-state index contributed by atoms with van der Waals surface area (Å²) >= 11 is 3.27. The molecule has 1 aromatic rings. The third-order valence-electron chi connectivity index (χ3n) is 1.75. The molecule has 72 valence electrons. The van der Waals surface area contributed by atoms with Gasteiger partial charge in [0.15, 0.2) is 0 Å². The minimum atomic E-state index is -1.17. The first-order valence-corrected chi connectivity index (χ1v) is 4.66. The van der Waals surface area contributed by atoms with Crippen LogP contribution in [-0.4, -0.2) is 13.7 Å². The summed E-state index contributed by atoms with van der Waals surface area (Å²) in [6.45, 7) is -0.0349. The summed E-state index contributed by atoms with van der Waals surface area (Å²) in [6.07, 6.45) is -1.17. The van der Waals surface area contributed by atoms with E-state index < -0.39 is 6.17 Å². The Morgan fingerprint density at radius 2 is 2.31 bits per heavy atom. The molecule has 0 heterocycles. The van der Waals surface area contributed by atoms with Crippen LogP contribution in [0.5, 0.6) is 5.75 Å². The van der Waals surface area contributed by atoms with Gasteiger partial charge in [-0.05, 0) is 22.0 Å². The normalized spacial score (nSPS) is 12.6. The molecule has 1 unspecified atom stereocenters. The van der Waals surface area contributed by atoms with E-state index in [0.717, 1.165) is 4.47 Å². The molecule has 0 aliphatic heterocycles. The summed E-state index contributed by atoms with van der Waals surface area (Å²) in [5.74, 6) is 0.514. The number of halogens is 2. The zero-order chi connectivity index (χ0) is 9.84. The van der Waals surface area contributed by atoms with E-state index in [4.69, 9.17) is 10.5 Å². The molecule has 2 nitrogen and oxygen atoms in total. The molecule has 13 heavy (non-hydrogen) atoms. The number of nitrogens with two attached hydrogens (primary N) is 1. The van der Waals surface area contributed by atoms with Gasteiger partial charge in [-0.3, -0.25) is 0 Å². The predicted molar refractivity (Wildman–Crippen MR) is 53.6 cm³/mol. The highest BCUT2D eigenvalue weighted by Gasteiger charge is 2.14. The van der Waals surface area contributed by atoms with Crippen molar-refractivity contribution in [3.8, 4) is 5.75 Å². The van der Waals surface area contributed by atoms with E-state index in [-0.39, 0.29) is 6.54 Å². The number of para-hydroxylation sites is 1. The Morgan fingerprint density at radius 1 is 1.62 bits per heavy atom. The maximum Gasteiger partial charge on any atom is 0.141 e. The molecule has 1 atom stereocenters. The van der Waals surface area contributed by atoms with Gasteiger partial charge in [0.05, 0.1) is 11.6 Å². The minimum absolute atomic E-state index is 0.0349. The maximum atomic E-state index is 13.3. The Morgan fingerprint density at radius 3 is 2.85 bits per heavy atom. The van der Waals surface area contributed by atoms with E-state index in [1.165, 1.54) is 7.11 Å². The average Bonchev–Trinajstić information content (AvgIpc) is 2.16. The van der Waals surface area contributed by atoms with Crippen LogP contribution in [0.15, 0.2) is 22.7 Å². The first kappa shape index (κ1) is 10.5. The van der Waals surface area contributed by atoms with Crippen LogP contribution in [0, 0.1) is 0 Å². The zero-order valence-corrected chi connectivity index (χ0v) is 8.84. The fraction of sp³-hybridized carbons (Fsp3) is 0.333. The number of methoxy groups -OCH3 is 1. The highest BCUT2D eigenvalue weighted by molar-refractivity contribution is 9.10. The molecule has 0 amide bonds. The van der Waals surface area contributed by atoms with E-state index >= 15 is 0 Å². The lowest BCUT2D eigenvalue weighted by Crippen LogP contribution is -2.09. The molecular weight excluding hydrogens is 237 g/mol. The minimum Gasteiger partial charge on any atom is -0.495 e. The molecule has 0 bridgehead atoms.